The maximum absolute atomic E-state index is 12.6. The van der Waals surface area contributed by atoms with Crippen molar-refractivity contribution in [3.05, 3.63) is 53.1 Å². The molecule has 1 N–H and O–H groups in total. The van der Waals surface area contributed by atoms with Gasteiger partial charge in [-0.05, 0) is 40.2 Å². The Morgan fingerprint density at radius 1 is 1.16 bits per heavy atom. The van der Waals surface area contributed by atoms with Crippen LogP contribution in [0.3, 0.4) is 0 Å². The first kappa shape index (κ1) is 15.8. The number of rotatable bonds is 3. The summed E-state index contributed by atoms with van der Waals surface area (Å²) >= 11 is 3.45. The van der Waals surface area contributed by atoms with Gasteiger partial charge in [0.25, 0.3) is 0 Å². The van der Waals surface area contributed by atoms with Crippen LogP contribution in [0.25, 0.3) is 5.65 Å². The Morgan fingerprint density at radius 3 is 2.80 bits per heavy atom. The molecule has 1 fully saturated rings. The predicted octanol–water partition coefficient (Wildman–Crippen LogP) is 2.48. The molecule has 0 spiro atoms. The first-order chi connectivity index (χ1) is 12.1. The standard InChI is InChI=1S/C17H14BrN5O2/c18-12-5-1-2-6-13(12)23-10-11(9-15(23)24)16(25)19-17-21-20-14-7-3-4-8-22(14)17/h1-8,11H,9-10H2,(H,19,21,25). The van der Waals surface area contributed by atoms with Gasteiger partial charge in [-0.3, -0.25) is 19.3 Å². The highest BCUT2D eigenvalue weighted by molar-refractivity contribution is 9.10. The SMILES string of the molecule is O=C(Nc1nnc2ccccn12)C1CC(=O)N(c2ccccc2Br)C1. The summed E-state index contributed by atoms with van der Waals surface area (Å²) < 4.78 is 2.52. The van der Waals surface area contributed by atoms with E-state index in [0.717, 1.165) is 10.2 Å². The van der Waals surface area contributed by atoms with Gasteiger partial charge in [0.05, 0.1) is 11.6 Å². The molecule has 1 unspecified atom stereocenters. The maximum Gasteiger partial charge on any atom is 0.235 e. The number of nitrogens with one attached hydrogen (secondary N) is 1. The predicted molar refractivity (Wildman–Crippen MR) is 96.2 cm³/mol. The molecular formula is C17H14BrN5O2. The zero-order chi connectivity index (χ0) is 17.4. The maximum atomic E-state index is 12.6. The molecule has 126 valence electrons. The van der Waals surface area contributed by atoms with Crippen LogP contribution in [-0.4, -0.2) is 33.0 Å². The third-order valence-electron chi connectivity index (χ3n) is 4.19. The minimum atomic E-state index is -0.435. The molecule has 1 aromatic carbocycles. The molecule has 1 aliphatic heterocycles. The number of para-hydroxylation sites is 1. The summed E-state index contributed by atoms with van der Waals surface area (Å²) in [6.07, 6.45) is 1.95. The fourth-order valence-corrected chi connectivity index (χ4v) is 3.42. The lowest BCUT2D eigenvalue weighted by Crippen LogP contribution is -2.28. The third-order valence-corrected chi connectivity index (χ3v) is 4.86. The van der Waals surface area contributed by atoms with Gasteiger partial charge in [0.15, 0.2) is 5.65 Å². The van der Waals surface area contributed by atoms with Crippen LogP contribution in [0, 0.1) is 5.92 Å². The number of hydrogen-bond donors (Lipinski definition) is 1. The van der Waals surface area contributed by atoms with E-state index in [4.69, 9.17) is 0 Å². The minimum Gasteiger partial charge on any atom is -0.310 e. The lowest BCUT2D eigenvalue weighted by atomic mass is 10.1. The van der Waals surface area contributed by atoms with Crippen molar-refractivity contribution in [2.24, 2.45) is 5.92 Å². The van der Waals surface area contributed by atoms with Crippen molar-refractivity contribution < 1.29 is 9.59 Å². The number of anilines is 2. The summed E-state index contributed by atoms with van der Waals surface area (Å²) in [5.74, 6) is -0.387. The molecule has 1 atom stereocenters. The fourth-order valence-electron chi connectivity index (χ4n) is 2.93. The quantitative estimate of drug-likeness (QED) is 0.733. The van der Waals surface area contributed by atoms with E-state index in [2.05, 4.69) is 31.4 Å². The van der Waals surface area contributed by atoms with Crippen LogP contribution in [0.1, 0.15) is 6.42 Å². The van der Waals surface area contributed by atoms with Crippen molar-refractivity contribution in [2.45, 2.75) is 6.42 Å². The Morgan fingerprint density at radius 2 is 1.96 bits per heavy atom. The number of fused-ring (bicyclic) bond motifs is 1. The van der Waals surface area contributed by atoms with Crippen LogP contribution < -0.4 is 10.2 Å². The lowest BCUT2D eigenvalue weighted by Gasteiger charge is -2.18. The second kappa shape index (κ2) is 6.29. The normalized spacial score (nSPS) is 17.2. The molecule has 2 amide bonds. The fraction of sp³-hybridized carbons (Fsp3) is 0.176. The molecule has 25 heavy (non-hydrogen) atoms. The number of benzene rings is 1. The molecule has 0 bridgehead atoms. The second-order valence-electron chi connectivity index (χ2n) is 5.80. The average Bonchev–Trinajstić information content (AvgIpc) is 3.20. The number of carbonyl (C=O) groups excluding carboxylic acids is 2. The highest BCUT2D eigenvalue weighted by atomic mass is 79.9. The lowest BCUT2D eigenvalue weighted by molar-refractivity contribution is -0.122. The van der Waals surface area contributed by atoms with Crippen LogP contribution in [0.15, 0.2) is 53.1 Å². The van der Waals surface area contributed by atoms with Crippen molar-refractivity contribution in [2.75, 3.05) is 16.8 Å². The van der Waals surface area contributed by atoms with Crippen LogP contribution >= 0.6 is 15.9 Å². The van der Waals surface area contributed by atoms with E-state index in [1.165, 1.54) is 0 Å². The van der Waals surface area contributed by atoms with Crippen molar-refractivity contribution in [3.8, 4) is 0 Å². The molecule has 3 aromatic rings. The number of hydrogen-bond acceptors (Lipinski definition) is 4. The van der Waals surface area contributed by atoms with E-state index < -0.39 is 5.92 Å². The van der Waals surface area contributed by atoms with E-state index in [1.807, 2.05) is 36.4 Å². The second-order valence-corrected chi connectivity index (χ2v) is 6.65. The number of aromatic nitrogens is 3. The third kappa shape index (κ3) is 2.89. The molecule has 4 rings (SSSR count). The Kier molecular flexibility index (Phi) is 3.96. The van der Waals surface area contributed by atoms with Gasteiger partial charge in [-0.25, -0.2) is 0 Å². The van der Waals surface area contributed by atoms with Gasteiger partial charge < -0.3 is 4.90 Å². The van der Waals surface area contributed by atoms with Crippen LogP contribution in [0.5, 0.6) is 0 Å². The summed E-state index contributed by atoms with van der Waals surface area (Å²) in [4.78, 5) is 26.6. The number of carbonyl (C=O) groups is 2. The van der Waals surface area contributed by atoms with Gasteiger partial charge in [-0.15, -0.1) is 10.2 Å². The number of pyridine rings is 1. The average molecular weight is 400 g/mol. The van der Waals surface area contributed by atoms with E-state index in [-0.39, 0.29) is 18.2 Å². The summed E-state index contributed by atoms with van der Waals surface area (Å²) in [5.41, 5.74) is 1.42. The van der Waals surface area contributed by atoms with E-state index in [0.29, 0.717) is 18.1 Å². The van der Waals surface area contributed by atoms with E-state index in [1.54, 1.807) is 21.6 Å². The van der Waals surface area contributed by atoms with Crippen molar-refractivity contribution in [3.63, 3.8) is 0 Å². The van der Waals surface area contributed by atoms with Crippen molar-refractivity contribution in [1.29, 1.82) is 0 Å². The van der Waals surface area contributed by atoms with Crippen LogP contribution in [0.2, 0.25) is 0 Å². The van der Waals surface area contributed by atoms with E-state index in [9.17, 15) is 9.59 Å². The van der Waals surface area contributed by atoms with Gasteiger partial charge in [0.2, 0.25) is 17.8 Å². The smallest absolute Gasteiger partial charge is 0.235 e. The first-order valence-electron chi connectivity index (χ1n) is 7.79. The minimum absolute atomic E-state index is 0.0712. The molecule has 3 heterocycles. The summed E-state index contributed by atoms with van der Waals surface area (Å²) in [6.45, 7) is 0.337. The van der Waals surface area contributed by atoms with Gasteiger partial charge in [-0.1, -0.05) is 18.2 Å². The van der Waals surface area contributed by atoms with Gasteiger partial charge in [0.1, 0.15) is 0 Å². The molecule has 1 aliphatic rings. The Balaban J connectivity index is 1.52. The molecule has 8 heteroatoms. The monoisotopic (exact) mass is 399 g/mol. The summed E-state index contributed by atoms with van der Waals surface area (Å²) in [7, 11) is 0. The first-order valence-corrected chi connectivity index (χ1v) is 8.58. The number of nitrogens with zero attached hydrogens (tertiary/aromatic N) is 4. The topological polar surface area (TPSA) is 79.6 Å². The van der Waals surface area contributed by atoms with E-state index >= 15 is 0 Å². The van der Waals surface area contributed by atoms with Gasteiger partial charge in [0, 0.05) is 23.6 Å². The van der Waals surface area contributed by atoms with Gasteiger partial charge >= 0.3 is 0 Å². The highest BCUT2D eigenvalue weighted by Gasteiger charge is 2.36. The number of halogens is 1. The Bertz CT molecular complexity index is 970. The van der Waals surface area contributed by atoms with Crippen LogP contribution in [-0.2, 0) is 9.59 Å². The molecule has 0 radical (unpaired) electrons. The van der Waals surface area contributed by atoms with Crippen LogP contribution in [0.4, 0.5) is 11.6 Å². The van der Waals surface area contributed by atoms with Gasteiger partial charge in [-0.2, -0.15) is 0 Å². The molecule has 1 saturated heterocycles. The molecule has 7 nitrogen and oxygen atoms in total. The Hall–Kier alpha value is -2.74. The molecular weight excluding hydrogens is 386 g/mol. The summed E-state index contributed by atoms with van der Waals surface area (Å²) in [5, 5.41) is 10.8. The zero-order valence-corrected chi connectivity index (χ0v) is 14.7. The highest BCUT2D eigenvalue weighted by Crippen LogP contribution is 2.31. The molecule has 2 aromatic heterocycles. The Labute approximate surface area is 151 Å². The van der Waals surface area contributed by atoms with Crippen molar-refractivity contribution >= 4 is 45.0 Å². The molecule has 0 saturated carbocycles. The largest absolute Gasteiger partial charge is 0.310 e. The summed E-state index contributed by atoms with van der Waals surface area (Å²) in [6, 6.07) is 13.0. The van der Waals surface area contributed by atoms with Crippen molar-refractivity contribution in [1.82, 2.24) is 14.6 Å². The zero-order valence-electron chi connectivity index (χ0n) is 13.1. The number of amides is 2. The molecule has 0 aliphatic carbocycles.